The van der Waals surface area contributed by atoms with Crippen LogP contribution in [0, 0.1) is 29.6 Å². The number of allylic oxidation sites excluding steroid dienone is 5. The van der Waals surface area contributed by atoms with E-state index >= 15 is 0 Å². The molecule has 0 bridgehead atoms. The third-order valence-corrected chi connectivity index (χ3v) is 20.6. The van der Waals surface area contributed by atoms with Gasteiger partial charge in [-0.2, -0.15) is 0 Å². The summed E-state index contributed by atoms with van der Waals surface area (Å²) in [7, 11) is 0. The Bertz CT molecular complexity index is 2580. The van der Waals surface area contributed by atoms with Crippen LogP contribution in [-0.4, -0.2) is 27.7 Å². The first-order valence-corrected chi connectivity index (χ1v) is 37.8. The largest absolute Gasteiger partial charge is 0.465 e. The quantitative estimate of drug-likeness (QED) is 0.0263. The Morgan fingerprint density at radius 2 is 0.708 bits per heavy atom. The first-order valence-electron chi connectivity index (χ1n) is 36.3. The Balaban J connectivity index is 0.000000274. The second kappa shape index (κ2) is 42.4. The lowest BCUT2D eigenvalue weighted by molar-refractivity contribution is -0.118. The van der Waals surface area contributed by atoms with E-state index in [1.54, 1.807) is 36.8 Å². The molecule has 492 valence electrons. The van der Waals surface area contributed by atoms with Gasteiger partial charge in [0.15, 0.2) is 23.1 Å². The SMILES string of the molecule is CCCCCCCCC(CCCCCC)CC1C(=O)C2=C(c3ccco3)C(CC(CCCCCC)CCCCCCCC)C(=O)C2=C1c1ccco1.CCCCCCCCC(CI)CCCCCC.O=C1CC(c2ccco2)=C2C(=O)NC(c3ccco3)=C12. The minimum Gasteiger partial charge on any atom is -0.465 e. The lowest BCUT2D eigenvalue weighted by Crippen LogP contribution is -2.20. The highest BCUT2D eigenvalue weighted by molar-refractivity contribution is 14.1. The van der Waals surface area contributed by atoms with Crippen molar-refractivity contribution >= 4 is 68.3 Å². The molecule has 8 rings (SSSR count). The van der Waals surface area contributed by atoms with Crippen molar-refractivity contribution in [2.45, 2.75) is 292 Å². The summed E-state index contributed by atoms with van der Waals surface area (Å²) in [6.07, 6.45) is 55.5. The predicted molar refractivity (Wildman–Crippen MR) is 376 cm³/mol. The van der Waals surface area contributed by atoms with Crippen LogP contribution in [0.3, 0.4) is 0 Å². The third-order valence-electron chi connectivity index (χ3n) is 19.3. The van der Waals surface area contributed by atoms with E-state index in [-0.39, 0.29) is 41.5 Å². The van der Waals surface area contributed by atoms with Crippen molar-refractivity contribution in [2.75, 3.05) is 4.43 Å². The van der Waals surface area contributed by atoms with Crippen LogP contribution >= 0.6 is 22.6 Å². The first-order chi connectivity index (χ1) is 43.6. The molecule has 0 saturated carbocycles. The average Bonchev–Trinajstić information content (AvgIpc) is 2.23. The molecule has 5 atom stereocenters. The Labute approximate surface area is 551 Å². The zero-order valence-corrected chi connectivity index (χ0v) is 58.4. The van der Waals surface area contributed by atoms with Gasteiger partial charge in [-0.15, -0.1) is 0 Å². The van der Waals surface area contributed by atoms with Crippen molar-refractivity contribution in [3.63, 3.8) is 0 Å². The fourth-order valence-electron chi connectivity index (χ4n) is 14.2. The monoisotopic (exact) mass is 1330 g/mol. The number of carbonyl (C=O) groups excluding carboxylic acids is 4. The van der Waals surface area contributed by atoms with E-state index in [2.05, 4.69) is 69.5 Å². The summed E-state index contributed by atoms with van der Waals surface area (Å²) in [6, 6.07) is 14.7. The number of unbranched alkanes of at least 4 members (excludes halogenated alkanes) is 24. The number of alkyl halides is 1. The fraction of sp³-hybridized carbons (Fsp3) is 0.646. The maximum atomic E-state index is 14.9. The number of amides is 1. The molecule has 0 saturated heterocycles. The first kappa shape index (κ1) is 73.3. The molecule has 89 heavy (non-hydrogen) atoms. The Morgan fingerprint density at radius 1 is 0.393 bits per heavy atom. The normalized spacial score (nSPS) is 17.4. The molecule has 1 aliphatic heterocycles. The van der Waals surface area contributed by atoms with Gasteiger partial charge in [0.2, 0.25) is 0 Å². The predicted octanol–water partition coefficient (Wildman–Crippen LogP) is 23.8. The molecule has 0 fully saturated rings. The lowest BCUT2D eigenvalue weighted by Gasteiger charge is -2.24. The van der Waals surface area contributed by atoms with Crippen LogP contribution in [0.2, 0.25) is 0 Å². The van der Waals surface area contributed by atoms with Crippen LogP contribution in [0.15, 0.2) is 114 Å². The van der Waals surface area contributed by atoms with E-state index < -0.39 is 0 Å². The van der Waals surface area contributed by atoms with Crippen molar-refractivity contribution in [2.24, 2.45) is 29.6 Å². The third kappa shape index (κ3) is 22.8. The number of hydrogen-bond donors (Lipinski definition) is 1. The summed E-state index contributed by atoms with van der Waals surface area (Å²) < 4.78 is 24.1. The van der Waals surface area contributed by atoms with Gasteiger partial charge in [-0.1, -0.05) is 282 Å². The van der Waals surface area contributed by atoms with Crippen LogP contribution in [0.1, 0.15) is 315 Å². The van der Waals surface area contributed by atoms with E-state index in [4.69, 9.17) is 17.7 Å². The summed E-state index contributed by atoms with van der Waals surface area (Å²) in [5, 5.41) is 2.71. The van der Waals surface area contributed by atoms with E-state index in [9.17, 15) is 19.2 Å². The molecule has 0 spiro atoms. The number of fused-ring (bicyclic) bond motifs is 2. The second-order valence-corrected chi connectivity index (χ2v) is 27.3. The van der Waals surface area contributed by atoms with Gasteiger partial charge in [0.1, 0.15) is 17.3 Å². The molecule has 0 aromatic carbocycles. The highest BCUT2D eigenvalue weighted by atomic mass is 127. The number of halogens is 1. The van der Waals surface area contributed by atoms with Crippen molar-refractivity contribution in [1.82, 2.24) is 5.32 Å². The molecule has 4 aromatic heterocycles. The van der Waals surface area contributed by atoms with E-state index in [1.165, 1.54) is 222 Å². The Hall–Kier alpha value is -4.71. The van der Waals surface area contributed by atoms with Crippen molar-refractivity contribution < 1.29 is 36.8 Å². The number of carbonyl (C=O) groups is 4. The summed E-state index contributed by atoms with van der Waals surface area (Å²) in [5.74, 6) is 3.56. The molecule has 3 aliphatic carbocycles. The van der Waals surface area contributed by atoms with Gasteiger partial charge in [0.05, 0.1) is 53.7 Å². The smallest absolute Gasteiger partial charge is 0.257 e. The Morgan fingerprint density at radius 3 is 1.04 bits per heavy atom. The van der Waals surface area contributed by atoms with Gasteiger partial charge in [-0.3, -0.25) is 19.2 Å². The minimum atomic E-state index is -0.338. The molecular weight excluding hydrogens is 1220 g/mol. The molecule has 5 heterocycles. The summed E-state index contributed by atoms with van der Waals surface area (Å²) in [6.45, 7) is 13.7. The van der Waals surface area contributed by atoms with Crippen molar-refractivity contribution in [1.29, 1.82) is 0 Å². The summed E-state index contributed by atoms with van der Waals surface area (Å²) in [5.41, 5.74) is 4.89. The second-order valence-electron chi connectivity index (χ2n) is 26.4. The van der Waals surface area contributed by atoms with Crippen LogP contribution in [0.5, 0.6) is 0 Å². The molecule has 5 unspecified atom stereocenters. The number of hydrogen-bond acceptors (Lipinski definition) is 8. The average molecular weight is 1330 g/mol. The zero-order chi connectivity index (χ0) is 63.4. The van der Waals surface area contributed by atoms with Gasteiger partial charge in [-0.25, -0.2) is 0 Å². The maximum absolute atomic E-state index is 14.9. The fourth-order valence-corrected chi connectivity index (χ4v) is 15.1. The topological polar surface area (TPSA) is 133 Å². The molecule has 9 nitrogen and oxygen atoms in total. The molecule has 1 amide bonds. The molecule has 4 aliphatic rings. The Kier molecular flexibility index (Phi) is 35.0. The van der Waals surface area contributed by atoms with Crippen LogP contribution in [-0.2, 0) is 19.2 Å². The van der Waals surface area contributed by atoms with Crippen LogP contribution in [0.25, 0.3) is 22.4 Å². The molecule has 1 N–H and O–H groups in total. The maximum Gasteiger partial charge on any atom is 0.257 e. The van der Waals surface area contributed by atoms with Gasteiger partial charge < -0.3 is 23.0 Å². The number of rotatable bonds is 45. The van der Waals surface area contributed by atoms with Crippen molar-refractivity contribution in [3.8, 4) is 0 Å². The van der Waals surface area contributed by atoms with Gasteiger partial charge in [-0.05, 0) is 92.0 Å². The van der Waals surface area contributed by atoms with Crippen LogP contribution in [0.4, 0.5) is 0 Å². The molecule has 10 heteroatoms. The van der Waals surface area contributed by atoms with E-state index in [1.807, 2.05) is 24.3 Å². The standard InChI is InChI=1S/C48H74O4.C16H33I.C15H9NO4/c1-5-9-13-17-19-23-29-37(27-21-15-11-7-3)35-39-43(41-31-25-33-51-41)45-46(47(39)49)44(42-32-26-34-52-42)40(48(45)50)36-38(28-22-16-12-8-4)30-24-20-18-14-10-6-2;1-3-5-7-9-10-12-14-16(15-17)13-11-8-6-4-2;17-9-7-8(10-3-1-5-19-10)12-13(9)14(16-15(12)18)11-4-2-6-20-11/h25-26,31-34,37-40H,5-24,27-30,35-36H2,1-4H3;16H,3-15H2,1-2H3;1-6H,7H2,(H,16,18). The van der Waals surface area contributed by atoms with Gasteiger partial charge in [0, 0.05) is 38.7 Å². The van der Waals surface area contributed by atoms with Gasteiger partial charge >= 0.3 is 0 Å². The van der Waals surface area contributed by atoms with Crippen LogP contribution < -0.4 is 5.32 Å². The zero-order valence-electron chi connectivity index (χ0n) is 56.2. The number of Topliss-reactive ketones (excluding diaryl/α,β-unsaturated/α-hetero) is 3. The summed E-state index contributed by atoms with van der Waals surface area (Å²) >= 11 is 2.58. The number of ketones is 3. The number of nitrogens with one attached hydrogen (secondary N) is 1. The van der Waals surface area contributed by atoms with E-state index in [0.29, 0.717) is 68.4 Å². The number of furan rings is 4. The van der Waals surface area contributed by atoms with Gasteiger partial charge in [0.25, 0.3) is 5.91 Å². The summed E-state index contributed by atoms with van der Waals surface area (Å²) in [4.78, 5) is 54.3. The highest BCUT2D eigenvalue weighted by Crippen LogP contribution is 2.55. The van der Waals surface area contributed by atoms with Crippen molar-refractivity contribution in [3.05, 3.63) is 119 Å². The molecular formula is C79H116INO8. The minimum absolute atomic E-state index is 0.101. The molecule has 0 radical (unpaired) electrons. The highest BCUT2D eigenvalue weighted by Gasteiger charge is 2.52. The molecule has 4 aromatic rings. The van der Waals surface area contributed by atoms with E-state index in [0.717, 1.165) is 55.6 Å². The lowest BCUT2D eigenvalue weighted by atomic mass is 9.79.